The normalized spacial score (nSPS) is 12.7. The van der Waals surface area contributed by atoms with E-state index in [1.54, 1.807) is 6.07 Å². The van der Waals surface area contributed by atoms with E-state index in [1.165, 1.54) is 24.3 Å². The van der Waals surface area contributed by atoms with E-state index in [0.717, 1.165) is 30.3 Å². The van der Waals surface area contributed by atoms with Gasteiger partial charge in [0, 0.05) is 16.7 Å². The molecule has 0 amide bonds. The van der Waals surface area contributed by atoms with Crippen molar-refractivity contribution in [3.63, 3.8) is 0 Å². The Morgan fingerprint density at radius 2 is 1.58 bits per heavy atom. The number of carbonyl (C=O) groups excluding carboxylic acids is 3. The Morgan fingerprint density at radius 3 is 2.21 bits per heavy atom. The first-order chi connectivity index (χ1) is 15.6. The van der Waals surface area contributed by atoms with Gasteiger partial charge in [-0.1, -0.05) is 36.4 Å². The summed E-state index contributed by atoms with van der Waals surface area (Å²) < 4.78 is 43.6. The molecule has 166 valence electrons. The Bertz CT molecular complexity index is 1350. The molecule has 0 saturated heterocycles. The first-order valence-corrected chi connectivity index (χ1v) is 9.42. The van der Waals surface area contributed by atoms with Gasteiger partial charge in [0.05, 0.1) is 10.5 Å². The Morgan fingerprint density at radius 1 is 0.909 bits per heavy atom. The minimum absolute atomic E-state index is 0.0129. The SMILES string of the molecule is O=C1c2ccccc2C(=O)c2c1ccc(C(=O)OCc1cccc(C(F)(F)F)c1)c2[N+](=O)[O-]. The number of alkyl halides is 3. The van der Waals surface area contributed by atoms with Crippen LogP contribution in [0.4, 0.5) is 18.9 Å². The van der Waals surface area contributed by atoms with Gasteiger partial charge < -0.3 is 4.74 Å². The molecule has 3 aromatic rings. The molecule has 0 aliphatic heterocycles. The Labute approximate surface area is 183 Å². The van der Waals surface area contributed by atoms with E-state index in [9.17, 15) is 37.7 Å². The Balaban J connectivity index is 1.70. The van der Waals surface area contributed by atoms with E-state index in [0.29, 0.717) is 0 Å². The fraction of sp³-hybridized carbons (Fsp3) is 0.0870. The third-order valence-electron chi connectivity index (χ3n) is 5.09. The molecule has 0 spiro atoms. The summed E-state index contributed by atoms with van der Waals surface area (Å²) >= 11 is 0. The van der Waals surface area contributed by atoms with Crippen molar-refractivity contribution in [2.45, 2.75) is 12.8 Å². The number of hydrogen-bond donors (Lipinski definition) is 0. The van der Waals surface area contributed by atoms with E-state index >= 15 is 0 Å². The second-order valence-corrected chi connectivity index (χ2v) is 7.12. The standard InChI is InChI=1S/C23H12F3NO6/c24-23(25,26)13-5-3-4-12(10-13)11-33-22(30)17-9-8-16-18(19(17)27(31)32)21(29)15-7-2-1-6-14(15)20(16)28/h1-10H,11H2. The summed E-state index contributed by atoms with van der Waals surface area (Å²) in [5.41, 5.74) is -3.12. The second-order valence-electron chi connectivity index (χ2n) is 7.12. The molecule has 0 bridgehead atoms. The number of hydrogen-bond acceptors (Lipinski definition) is 6. The average Bonchev–Trinajstić information content (AvgIpc) is 2.79. The molecule has 4 rings (SSSR count). The number of nitro groups is 1. The summed E-state index contributed by atoms with van der Waals surface area (Å²) in [7, 11) is 0. The largest absolute Gasteiger partial charge is 0.457 e. The average molecular weight is 455 g/mol. The van der Waals surface area contributed by atoms with Crippen molar-refractivity contribution < 1.29 is 37.2 Å². The van der Waals surface area contributed by atoms with Crippen molar-refractivity contribution >= 4 is 23.2 Å². The van der Waals surface area contributed by atoms with Gasteiger partial charge in [-0.15, -0.1) is 0 Å². The van der Waals surface area contributed by atoms with Crippen LogP contribution in [0.15, 0.2) is 60.7 Å². The van der Waals surface area contributed by atoms with Crippen molar-refractivity contribution in [1.82, 2.24) is 0 Å². The highest BCUT2D eigenvalue weighted by molar-refractivity contribution is 6.30. The maximum absolute atomic E-state index is 12.9. The predicted molar refractivity (Wildman–Crippen MR) is 107 cm³/mol. The van der Waals surface area contributed by atoms with E-state index < -0.39 is 57.6 Å². The lowest BCUT2D eigenvalue weighted by Crippen LogP contribution is -2.23. The molecule has 33 heavy (non-hydrogen) atoms. The number of benzene rings is 3. The second kappa shape index (κ2) is 7.97. The molecule has 7 nitrogen and oxygen atoms in total. The molecule has 0 heterocycles. The van der Waals surface area contributed by atoms with Crippen LogP contribution in [0.1, 0.15) is 53.3 Å². The molecule has 1 aliphatic carbocycles. The molecule has 0 fully saturated rings. The predicted octanol–water partition coefficient (Wildman–Crippen LogP) is 4.75. The van der Waals surface area contributed by atoms with Gasteiger partial charge >= 0.3 is 12.1 Å². The third kappa shape index (κ3) is 3.86. The van der Waals surface area contributed by atoms with Crippen molar-refractivity contribution in [2.24, 2.45) is 0 Å². The van der Waals surface area contributed by atoms with Gasteiger partial charge in [0.25, 0.3) is 5.69 Å². The van der Waals surface area contributed by atoms with Gasteiger partial charge in [0.2, 0.25) is 5.78 Å². The summed E-state index contributed by atoms with van der Waals surface area (Å²) in [5, 5.41) is 11.8. The fourth-order valence-electron chi connectivity index (χ4n) is 3.59. The number of ketones is 2. The fourth-order valence-corrected chi connectivity index (χ4v) is 3.59. The summed E-state index contributed by atoms with van der Waals surface area (Å²) in [4.78, 5) is 49.1. The van der Waals surface area contributed by atoms with Gasteiger partial charge in [0.15, 0.2) is 5.78 Å². The van der Waals surface area contributed by atoms with Crippen LogP contribution in [-0.4, -0.2) is 22.5 Å². The molecule has 0 atom stereocenters. The minimum atomic E-state index is -4.60. The zero-order chi connectivity index (χ0) is 23.9. The molecule has 1 aliphatic rings. The topological polar surface area (TPSA) is 104 Å². The first kappa shape index (κ1) is 21.9. The van der Waals surface area contributed by atoms with Crippen LogP contribution in [0.5, 0.6) is 0 Å². The van der Waals surface area contributed by atoms with E-state index in [-0.39, 0.29) is 22.3 Å². The zero-order valence-corrected chi connectivity index (χ0v) is 16.5. The summed E-state index contributed by atoms with van der Waals surface area (Å²) in [5.74, 6) is -2.62. The van der Waals surface area contributed by atoms with Crippen LogP contribution in [-0.2, 0) is 17.5 Å². The molecular weight excluding hydrogens is 443 g/mol. The molecular formula is C23H12F3NO6. The van der Waals surface area contributed by atoms with E-state index in [4.69, 9.17) is 4.74 Å². The van der Waals surface area contributed by atoms with E-state index in [1.807, 2.05) is 0 Å². The van der Waals surface area contributed by atoms with Crippen LogP contribution >= 0.6 is 0 Å². The maximum atomic E-state index is 12.9. The Kier molecular flexibility index (Phi) is 5.28. The van der Waals surface area contributed by atoms with Crippen LogP contribution < -0.4 is 0 Å². The summed E-state index contributed by atoms with van der Waals surface area (Å²) in [6, 6.07) is 12.0. The smallest absolute Gasteiger partial charge is 0.416 e. The number of nitro benzene ring substituents is 1. The number of fused-ring (bicyclic) bond motifs is 2. The van der Waals surface area contributed by atoms with Gasteiger partial charge in [-0.3, -0.25) is 19.7 Å². The first-order valence-electron chi connectivity index (χ1n) is 9.42. The summed E-state index contributed by atoms with van der Waals surface area (Å²) in [6.45, 7) is -0.591. The zero-order valence-electron chi connectivity index (χ0n) is 16.5. The highest BCUT2D eigenvalue weighted by Crippen LogP contribution is 2.36. The van der Waals surface area contributed by atoms with Gasteiger partial charge in [-0.25, -0.2) is 4.79 Å². The lowest BCUT2D eigenvalue weighted by atomic mass is 9.82. The maximum Gasteiger partial charge on any atom is 0.416 e. The van der Waals surface area contributed by atoms with Crippen molar-refractivity contribution in [1.29, 1.82) is 0 Å². The number of esters is 1. The molecule has 0 radical (unpaired) electrons. The minimum Gasteiger partial charge on any atom is -0.457 e. The monoisotopic (exact) mass is 455 g/mol. The number of carbonyl (C=O) groups is 3. The van der Waals surface area contributed by atoms with Gasteiger partial charge in [-0.05, 0) is 29.8 Å². The number of rotatable bonds is 4. The lowest BCUT2D eigenvalue weighted by molar-refractivity contribution is -0.385. The van der Waals surface area contributed by atoms with Gasteiger partial charge in [0.1, 0.15) is 17.7 Å². The highest BCUT2D eigenvalue weighted by atomic mass is 19.4. The quantitative estimate of drug-likeness (QED) is 0.250. The number of nitrogens with zero attached hydrogens (tertiary/aromatic N) is 1. The molecule has 10 heteroatoms. The molecule has 0 saturated carbocycles. The summed E-state index contributed by atoms with van der Waals surface area (Å²) in [6.07, 6.45) is -4.60. The molecule has 0 unspecified atom stereocenters. The van der Waals surface area contributed by atoms with Crippen molar-refractivity contribution in [2.75, 3.05) is 0 Å². The van der Waals surface area contributed by atoms with Crippen LogP contribution in [0.2, 0.25) is 0 Å². The number of halogens is 3. The highest BCUT2D eigenvalue weighted by Gasteiger charge is 2.39. The lowest BCUT2D eigenvalue weighted by Gasteiger charge is -2.18. The number of ether oxygens (including phenoxy) is 1. The van der Waals surface area contributed by atoms with Crippen LogP contribution in [0.25, 0.3) is 0 Å². The van der Waals surface area contributed by atoms with Crippen LogP contribution in [0, 0.1) is 10.1 Å². The molecule has 3 aromatic carbocycles. The van der Waals surface area contributed by atoms with Crippen molar-refractivity contribution in [3.8, 4) is 0 Å². The van der Waals surface area contributed by atoms with Crippen molar-refractivity contribution in [3.05, 3.63) is 110 Å². The molecule has 0 N–H and O–H groups in total. The Hall–Kier alpha value is -4.34. The molecule has 0 aromatic heterocycles. The third-order valence-corrected chi connectivity index (χ3v) is 5.09. The van der Waals surface area contributed by atoms with Crippen LogP contribution in [0.3, 0.4) is 0 Å². The van der Waals surface area contributed by atoms with Gasteiger partial charge in [-0.2, -0.15) is 13.2 Å². The van der Waals surface area contributed by atoms with E-state index in [2.05, 4.69) is 0 Å².